The number of ether oxygens (including phenoxy) is 1. The summed E-state index contributed by atoms with van der Waals surface area (Å²) in [5.41, 5.74) is 1.42. The van der Waals surface area contributed by atoms with E-state index in [1.807, 2.05) is 32.2 Å². The van der Waals surface area contributed by atoms with E-state index < -0.39 is 15.5 Å². The first kappa shape index (κ1) is 26.6. The van der Waals surface area contributed by atoms with Crippen molar-refractivity contribution in [2.24, 2.45) is 0 Å². The van der Waals surface area contributed by atoms with Gasteiger partial charge in [-0.1, -0.05) is 6.07 Å². The number of carbonyl (C=O) groups excluding carboxylic acids is 1. The lowest BCUT2D eigenvalue weighted by Crippen LogP contribution is -2.38. The van der Waals surface area contributed by atoms with Crippen LogP contribution in [0.15, 0.2) is 47.6 Å². The highest BCUT2D eigenvalue weighted by Crippen LogP contribution is 2.43. The molecule has 0 saturated heterocycles. The van der Waals surface area contributed by atoms with Gasteiger partial charge in [0, 0.05) is 34.7 Å². The molecule has 2 fully saturated rings. The predicted molar refractivity (Wildman–Crippen MR) is 147 cm³/mol. The summed E-state index contributed by atoms with van der Waals surface area (Å²) in [6.45, 7) is 3.66. The van der Waals surface area contributed by atoms with Gasteiger partial charge in [0.15, 0.2) is 0 Å². The fourth-order valence-electron chi connectivity index (χ4n) is 4.73. The molecule has 2 aliphatic rings. The molecule has 3 N–H and O–H groups in total. The summed E-state index contributed by atoms with van der Waals surface area (Å²) in [6.07, 6.45) is 7.56. The minimum atomic E-state index is -3.00. The second kappa shape index (κ2) is 11.0. The number of alkyl carbamates (subject to hydrolysis) is 1. The number of anilines is 2. The van der Waals surface area contributed by atoms with Crippen LogP contribution in [0.4, 0.5) is 20.7 Å². The molecule has 1 atom stereocenters. The Hall–Kier alpha value is -3.05. The molecular formula is C27H32FN5O3S2. The number of nitrogens with one attached hydrogen (secondary N) is 3. The SMILES string of the molecule is CC(C)OC(=O)NC1CCC(c2ncc(-c3ccc(Nc4ccc(F)cn4)cc3S(=N)(=O)C3CC3)s2)CC1. The van der Waals surface area contributed by atoms with E-state index in [1.54, 1.807) is 17.4 Å². The third-order valence-corrected chi connectivity index (χ3v) is 10.4. The van der Waals surface area contributed by atoms with Crippen LogP contribution >= 0.6 is 11.3 Å². The Kier molecular flexibility index (Phi) is 7.67. The molecule has 0 bridgehead atoms. The Labute approximate surface area is 226 Å². The number of thiazole rings is 1. The second-order valence-electron chi connectivity index (χ2n) is 10.2. The predicted octanol–water partition coefficient (Wildman–Crippen LogP) is 6.82. The molecule has 2 aromatic heterocycles. The van der Waals surface area contributed by atoms with Crippen molar-refractivity contribution < 1.29 is 18.1 Å². The average molecular weight is 558 g/mol. The molecule has 2 saturated carbocycles. The van der Waals surface area contributed by atoms with E-state index in [0.29, 0.717) is 22.3 Å². The number of pyridine rings is 1. The summed E-state index contributed by atoms with van der Waals surface area (Å²) >= 11 is 1.58. The van der Waals surface area contributed by atoms with E-state index in [9.17, 15) is 13.4 Å². The summed E-state index contributed by atoms with van der Waals surface area (Å²) in [5.74, 6) is 0.343. The number of carbonyl (C=O) groups is 1. The van der Waals surface area contributed by atoms with Gasteiger partial charge in [0.25, 0.3) is 0 Å². The largest absolute Gasteiger partial charge is 0.447 e. The number of aromatic nitrogens is 2. The standard InChI is InChI=1S/C27H32FN5O3S2/c1-16(2)36-27(34)33-19-6-3-17(4-7-19)26-31-15-23(37-26)22-11-8-20(32-25-12-5-18(28)14-30-25)13-24(22)38(29,35)21-9-10-21/h5,8,11-17,19,21,29H,3-4,6-7,9-10H2,1-2H3,(H,30,32)(H,33,34). The Bertz CT molecular complexity index is 1400. The van der Waals surface area contributed by atoms with Gasteiger partial charge in [-0.3, -0.25) is 0 Å². The van der Waals surface area contributed by atoms with E-state index >= 15 is 0 Å². The summed E-state index contributed by atoms with van der Waals surface area (Å²) in [7, 11) is -3.00. The van der Waals surface area contributed by atoms with Crippen LogP contribution in [0.1, 0.15) is 63.3 Å². The van der Waals surface area contributed by atoms with Crippen LogP contribution < -0.4 is 10.6 Å². The van der Waals surface area contributed by atoms with Gasteiger partial charge in [-0.2, -0.15) is 0 Å². The quantitative estimate of drug-likeness (QED) is 0.280. The van der Waals surface area contributed by atoms with Crippen molar-refractivity contribution in [2.45, 2.75) is 80.6 Å². The van der Waals surface area contributed by atoms with Crippen molar-refractivity contribution in [3.63, 3.8) is 0 Å². The van der Waals surface area contributed by atoms with Crippen LogP contribution in [0.25, 0.3) is 10.4 Å². The number of nitrogens with zero attached hydrogens (tertiary/aromatic N) is 2. The first-order valence-electron chi connectivity index (χ1n) is 12.9. The molecule has 38 heavy (non-hydrogen) atoms. The molecule has 1 aromatic carbocycles. The molecule has 8 nitrogen and oxygen atoms in total. The Morgan fingerprint density at radius 2 is 1.87 bits per heavy atom. The zero-order chi connectivity index (χ0) is 26.9. The van der Waals surface area contributed by atoms with Crippen LogP contribution in [-0.4, -0.2) is 37.7 Å². The van der Waals surface area contributed by atoms with Crippen LogP contribution in [0.2, 0.25) is 0 Å². The van der Waals surface area contributed by atoms with Crippen LogP contribution in [0.3, 0.4) is 0 Å². The van der Waals surface area contributed by atoms with E-state index in [4.69, 9.17) is 14.5 Å². The van der Waals surface area contributed by atoms with Crippen LogP contribution in [0.5, 0.6) is 0 Å². The third kappa shape index (κ3) is 6.15. The smallest absolute Gasteiger partial charge is 0.407 e. The summed E-state index contributed by atoms with van der Waals surface area (Å²) < 4.78 is 40.8. The molecule has 202 valence electrons. The molecule has 0 radical (unpaired) electrons. The monoisotopic (exact) mass is 557 g/mol. The summed E-state index contributed by atoms with van der Waals surface area (Å²) in [5, 5.41) is 6.97. The molecule has 2 heterocycles. The number of hydrogen-bond donors (Lipinski definition) is 3. The molecule has 1 amide bonds. The van der Waals surface area contributed by atoms with Crippen molar-refractivity contribution in [3.8, 4) is 10.4 Å². The van der Waals surface area contributed by atoms with Crippen molar-refractivity contribution in [3.05, 3.63) is 53.6 Å². The summed E-state index contributed by atoms with van der Waals surface area (Å²) in [6, 6.07) is 8.47. The van der Waals surface area contributed by atoms with Gasteiger partial charge in [0.05, 0.1) is 36.8 Å². The highest BCUT2D eigenvalue weighted by atomic mass is 32.2. The topological polar surface area (TPSA) is 117 Å². The number of amides is 1. The van der Waals surface area contributed by atoms with E-state index in [-0.39, 0.29) is 23.5 Å². The summed E-state index contributed by atoms with van der Waals surface area (Å²) in [4.78, 5) is 22.1. The highest BCUT2D eigenvalue weighted by molar-refractivity contribution is 7.93. The van der Waals surface area contributed by atoms with Gasteiger partial charge in [0.1, 0.15) is 11.6 Å². The molecule has 2 aliphatic carbocycles. The number of rotatable bonds is 8. The maximum absolute atomic E-state index is 13.6. The van der Waals surface area contributed by atoms with Gasteiger partial charge in [-0.15, -0.1) is 11.3 Å². The van der Waals surface area contributed by atoms with E-state index in [0.717, 1.165) is 60.2 Å². The van der Waals surface area contributed by atoms with E-state index in [1.165, 1.54) is 12.1 Å². The molecule has 1 unspecified atom stereocenters. The highest BCUT2D eigenvalue weighted by Gasteiger charge is 2.36. The van der Waals surface area contributed by atoms with Crippen molar-refractivity contribution in [1.82, 2.24) is 15.3 Å². The lowest BCUT2D eigenvalue weighted by molar-refractivity contribution is 0.109. The average Bonchev–Trinajstić information content (AvgIpc) is 3.64. The maximum Gasteiger partial charge on any atom is 0.407 e. The fraction of sp³-hybridized carbons (Fsp3) is 0.444. The van der Waals surface area contributed by atoms with Crippen LogP contribution in [-0.2, 0) is 14.5 Å². The van der Waals surface area contributed by atoms with Crippen molar-refractivity contribution in [2.75, 3.05) is 5.32 Å². The maximum atomic E-state index is 13.6. The normalized spacial score (nSPS) is 21.1. The molecule has 3 aromatic rings. The Balaban J connectivity index is 1.33. The molecular weight excluding hydrogens is 525 g/mol. The Morgan fingerprint density at radius 3 is 2.53 bits per heavy atom. The lowest BCUT2D eigenvalue weighted by atomic mass is 9.86. The molecule has 5 rings (SSSR count). The number of halogens is 1. The van der Waals surface area contributed by atoms with Crippen LogP contribution in [0, 0.1) is 10.6 Å². The first-order valence-corrected chi connectivity index (χ1v) is 15.4. The van der Waals surface area contributed by atoms with Gasteiger partial charge in [0.2, 0.25) is 0 Å². The zero-order valence-electron chi connectivity index (χ0n) is 21.4. The van der Waals surface area contributed by atoms with Crippen molar-refractivity contribution >= 4 is 38.7 Å². The molecule has 0 spiro atoms. The number of hydrogen-bond acceptors (Lipinski definition) is 8. The zero-order valence-corrected chi connectivity index (χ0v) is 23.0. The minimum Gasteiger partial charge on any atom is -0.447 e. The van der Waals surface area contributed by atoms with E-state index in [2.05, 4.69) is 15.6 Å². The fourth-order valence-corrected chi connectivity index (χ4v) is 7.89. The Morgan fingerprint density at radius 1 is 1.11 bits per heavy atom. The lowest BCUT2D eigenvalue weighted by Gasteiger charge is -2.28. The van der Waals surface area contributed by atoms with Gasteiger partial charge < -0.3 is 15.4 Å². The van der Waals surface area contributed by atoms with Gasteiger partial charge >= 0.3 is 6.09 Å². The second-order valence-corrected chi connectivity index (χ2v) is 13.6. The first-order chi connectivity index (χ1) is 18.2. The molecule has 11 heteroatoms. The third-order valence-electron chi connectivity index (χ3n) is 6.83. The molecule has 0 aliphatic heterocycles. The number of benzene rings is 1. The minimum absolute atomic E-state index is 0.103. The van der Waals surface area contributed by atoms with Crippen molar-refractivity contribution in [1.29, 1.82) is 4.78 Å². The van der Waals surface area contributed by atoms with Gasteiger partial charge in [-0.25, -0.2) is 28.1 Å². The van der Waals surface area contributed by atoms with Gasteiger partial charge in [-0.05, 0) is 76.6 Å².